The van der Waals surface area contributed by atoms with Gasteiger partial charge in [-0.3, -0.25) is 4.79 Å². The number of benzene rings is 2. The molecule has 0 aliphatic carbocycles. The molecular formula is C22H22NO4S-. The highest BCUT2D eigenvalue weighted by atomic mass is 32.2. The zero-order valence-electron chi connectivity index (χ0n) is 15.8. The number of carboxylic acid groups (broad SMARTS) is 1. The van der Waals surface area contributed by atoms with E-state index in [0.29, 0.717) is 16.9 Å². The average molecular weight is 396 g/mol. The molecule has 0 saturated heterocycles. The molecule has 1 amide bonds. The second kappa shape index (κ2) is 9.98. The molecule has 0 aliphatic heterocycles. The van der Waals surface area contributed by atoms with Crippen LogP contribution in [0.5, 0.6) is 0 Å². The third-order valence-corrected chi connectivity index (χ3v) is 4.75. The van der Waals surface area contributed by atoms with Crippen molar-refractivity contribution in [3.63, 3.8) is 0 Å². The summed E-state index contributed by atoms with van der Waals surface area (Å²) >= 11 is 1.41. The van der Waals surface area contributed by atoms with Crippen molar-refractivity contribution in [2.45, 2.75) is 31.2 Å². The van der Waals surface area contributed by atoms with Crippen molar-refractivity contribution >= 4 is 23.6 Å². The Morgan fingerprint density at radius 3 is 2.36 bits per heavy atom. The van der Waals surface area contributed by atoms with Crippen LogP contribution in [-0.4, -0.2) is 34.4 Å². The lowest BCUT2D eigenvalue weighted by Gasteiger charge is -2.19. The van der Waals surface area contributed by atoms with Crippen LogP contribution in [0.25, 0.3) is 0 Å². The van der Waals surface area contributed by atoms with Crippen LogP contribution in [-0.2, 0) is 10.5 Å². The van der Waals surface area contributed by atoms with Gasteiger partial charge in [-0.25, -0.2) is 0 Å². The van der Waals surface area contributed by atoms with Gasteiger partial charge in [-0.2, -0.15) is 11.8 Å². The molecule has 2 N–H and O–H groups in total. The molecule has 0 radical (unpaired) electrons. The topological polar surface area (TPSA) is 89.5 Å². The summed E-state index contributed by atoms with van der Waals surface area (Å²) in [7, 11) is 0. The normalized spacial score (nSPS) is 11.8. The molecule has 0 bridgehead atoms. The number of aliphatic carboxylic acids is 1. The van der Waals surface area contributed by atoms with Crippen molar-refractivity contribution in [3.8, 4) is 11.8 Å². The maximum absolute atomic E-state index is 12.3. The molecule has 2 rings (SSSR count). The summed E-state index contributed by atoms with van der Waals surface area (Å²) < 4.78 is 0. The number of hydrogen-bond donors (Lipinski definition) is 2. The summed E-state index contributed by atoms with van der Waals surface area (Å²) in [5, 5.41) is 23.5. The van der Waals surface area contributed by atoms with Crippen LogP contribution >= 0.6 is 11.8 Å². The minimum Gasteiger partial charge on any atom is -0.548 e. The fourth-order valence-electron chi connectivity index (χ4n) is 2.21. The molecule has 28 heavy (non-hydrogen) atoms. The minimum atomic E-state index is -1.32. The molecular weight excluding hydrogens is 374 g/mol. The van der Waals surface area contributed by atoms with Crippen LogP contribution in [0, 0.1) is 11.8 Å². The van der Waals surface area contributed by atoms with E-state index in [1.165, 1.54) is 11.8 Å². The number of aliphatic hydroxyl groups is 1. The largest absolute Gasteiger partial charge is 0.548 e. The highest BCUT2D eigenvalue weighted by Crippen LogP contribution is 2.13. The lowest BCUT2D eigenvalue weighted by atomic mass is 10.1. The first-order chi connectivity index (χ1) is 13.2. The number of carbonyl (C=O) groups excluding carboxylic acids is 2. The summed E-state index contributed by atoms with van der Waals surface area (Å²) in [6.45, 7) is 3.16. The van der Waals surface area contributed by atoms with Crippen LogP contribution in [0.2, 0.25) is 0 Å². The Balaban J connectivity index is 1.94. The molecule has 0 saturated carbocycles. The molecule has 2 aromatic carbocycles. The van der Waals surface area contributed by atoms with E-state index in [1.54, 1.807) is 38.1 Å². The summed E-state index contributed by atoms with van der Waals surface area (Å²) in [4.78, 5) is 23.7. The van der Waals surface area contributed by atoms with Gasteiger partial charge in [0.25, 0.3) is 5.91 Å². The van der Waals surface area contributed by atoms with Gasteiger partial charge in [-0.1, -0.05) is 42.2 Å². The van der Waals surface area contributed by atoms with E-state index in [-0.39, 0.29) is 5.75 Å². The Bertz CT molecular complexity index is 861. The predicted molar refractivity (Wildman–Crippen MR) is 108 cm³/mol. The highest BCUT2D eigenvalue weighted by molar-refractivity contribution is 7.98. The van der Waals surface area contributed by atoms with Crippen molar-refractivity contribution in [1.29, 1.82) is 0 Å². The van der Waals surface area contributed by atoms with E-state index in [0.717, 1.165) is 5.56 Å². The number of nitrogens with one attached hydrogen (secondary N) is 1. The second-order valence-electron chi connectivity index (χ2n) is 6.73. The van der Waals surface area contributed by atoms with Gasteiger partial charge in [0.15, 0.2) is 0 Å². The zero-order valence-corrected chi connectivity index (χ0v) is 16.6. The number of carbonyl (C=O) groups is 2. The van der Waals surface area contributed by atoms with Gasteiger partial charge in [0, 0.05) is 22.6 Å². The average Bonchev–Trinajstić information content (AvgIpc) is 2.66. The van der Waals surface area contributed by atoms with Gasteiger partial charge in [-0.15, -0.1) is 0 Å². The molecule has 5 nitrogen and oxygen atoms in total. The van der Waals surface area contributed by atoms with Crippen molar-refractivity contribution in [3.05, 3.63) is 71.3 Å². The van der Waals surface area contributed by atoms with Gasteiger partial charge in [0.05, 0.1) is 12.0 Å². The fourth-order valence-corrected chi connectivity index (χ4v) is 3.21. The second-order valence-corrected chi connectivity index (χ2v) is 7.76. The molecule has 6 heteroatoms. The first kappa shape index (κ1) is 21.5. The van der Waals surface area contributed by atoms with Crippen LogP contribution in [0.4, 0.5) is 0 Å². The number of thioether (sulfide) groups is 1. The monoisotopic (exact) mass is 396 g/mol. The smallest absolute Gasteiger partial charge is 0.251 e. The van der Waals surface area contributed by atoms with E-state index < -0.39 is 23.5 Å². The minimum absolute atomic E-state index is 0.206. The maximum atomic E-state index is 12.3. The highest BCUT2D eigenvalue weighted by Gasteiger charge is 2.15. The molecule has 0 heterocycles. The van der Waals surface area contributed by atoms with Crippen molar-refractivity contribution in [2.75, 3.05) is 5.75 Å². The van der Waals surface area contributed by atoms with E-state index >= 15 is 0 Å². The van der Waals surface area contributed by atoms with E-state index in [9.17, 15) is 19.8 Å². The quantitative estimate of drug-likeness (QED) is 0.694. The summed E-state index contributed by atoms with van der Waals surface area (Å²) in [6, 6.07) is 15.0. The fraction of sp³-hybridized carbons (Fsp3) is 0.273. The number of rotatable bonds is 7. The van der Waals surface area contributed by atoms with Gasteiger partial charge < -0.3 is 20.3 Å². The van der Waals surface area contributed by atoms with Gasteiger partial charge in [-0.05, 0) is 43.7 Å². The SMILES string of the molecule is CC(C)(O)C#Cc1ccc(C(=O)N[C@@H](CSCc2ccccc2)C(=O)[O-])cc1. The van der Waals surface area contributed by atoms with Gasteiger partial charge in [0.1, 0.15) is 5.60 Å². The molecule has 0 aliphatic rings. The number of hydrogen-bond acceptors (Lipinski definition) is 5. The summed E-state index contributed by atoms with van der Waals surface area (Å²) in [5.74, 6) is 4.55. The Labute approximate surface area is 169 Å². The van der Waals surface area contributed by atoms with Gasteiger partial charge in [0.2, 0.25) is 0 Å². The van der Waals surface area contributed by atoms with Crippen molar-refractivity contribution in [1.82, 2.24) is 5.32 Å². The standard InChI is InChI=1S/C22H23NO4S/c1-22(2,27)13-12-16-8-10-18(11-9-16)20(24)23-19(21(25)26)15-28-14-17-6-4-3-5-7-17/h3-11,19,27H,14-15H2,1-2H3,(H,23,24)(H,25,26)/p-1/t19-/m0/s1. The van der Waals surface area contributed by atoms with Gasteiger partial charge >= 0.3 is 0 Å². The molecule has 2 aromatic rings. The lowest BCUT2D eigenvalue weighted by Crippen LogP contribution is -2.49. The zero-order chi connectivity index (χ0) is 20.6. The molecule has 146 valence electrons. The van der Waals surface area contributed by atoms with E-state index in [4.69, 9.17) is 0 Å². The number of carboxylic acids is 1. The van der Waals surface area contributed by atoms with Crippen LogP contribution < -0.4 is 10.4 Å². The van der Waals surface area contributed by atoms with Crippen LogP contribution in [0.15, 0.2) is 54.6 Å². The van der Waals surface area contributed by atoms with Crippen molar-refractivity contribution < 1.29 is 19.8 Å². The Morgan fingerprint density at radius 2 is 1.79 bits per heavy atom. The van der Waals surface area contributed by atoms with E-state index in [1.807, 2.05) is 30.3 Å². The molecule has 0 unspecified atom stereocenters. The molecule has 0 aromatic heterocycles. The number of amides is 1. The summed E-state index contributed by atoms with van der Waals surface area (Å²) in [6.07, 6.45) is 0. The predicted octanol–water partition coefficient (Wildman–Crippen LogP) is 1.59. The molecule has 0 fully saturated rings. The third-order valence-electron chi connectivity index (χ3n) is 3.65. The van der Waals surface area contributed by atoms with Crippen molar-refractivity contribution in [2.24, 2.45) is 0 Å². The van der Waals surface area contributed by atoms with Crippen LogP contribution in [0.1, 0.15) is 35.3 Å². The Morgan fingerprint density at radius 1 is 1.14 bits per heavy atom. The third kappa shape index (κ3) is 7.47. The Kier molecular flexibility index (Phi) is 7.68. The molecule has 0 spiro atoms. The molecule has 1 atom stereocenters. The van der Waals surface area contributed by atoms with E-state index in [2.05, 4.69) is 17.2 Å². The summed E-state index contributed by atoms with van der Waals surface area (Å²) in [5.41, 5.74) is 0.954. The Hall–Kier alpha value is -2.75. The first-order valence-electron chi connectivity index (χ1n) is 8.73. The maximum Gasteiger partial charge on any atom is 0.251 e. The van der Waals surface area contributed by atoms with Crippen LogP contribution in [0.3, 0.4) is 0 Å². The first-order valence-corrected chi connectivity index (χ1v) is 9.89. The lowest BCUT2D eigenvalue weighted by molar-refractivity contribution is -0.307.